The van der Waals surface area contributed by atoms with Crippen LogP contribution in [0.3, 0.4) is 0 Å². The molecule has 2 fully saturated rings. The van der Waals surface area contributed by atoms with E-state index in [4.69, 9.17) is 4.74 Å². The van der Waals surface area contributed by atoms with Gasteiger partial charge in [0.2, 0.25) is 0 Å². The number of carbonyl (C=O) groups excluding carboxylic acids is 1. The van der Waals surface area contributed by atoms with E-state index < -0.39 is 0 Å². The molecule has 0 atom stereocenters. The van der Waals surface area contributed by atoms with Gasteiger partial charge in [-0.3, -0.25) is 0 Å². The van der Waals surface area contributed by atoms with Gasteiger partial charge in [-0.2, -0.15) is 0 Å². The second-order valence-corrected chi connectivity index (χ2v) is 6.23. The minimum absolute atomic E-state index is 0.130. The van der Waals surface area contributed by atoms with Crippen molar-refractivity contribution in [3.63, 3.8) is 0 Å². The van der Waals surface area contributed by atoms with Crippen LogP contribution in [0.1, 0.15) is 44.1 Å². The molecule has 1 spiro atoms. The van der Waals surface area contributed by atoms with Crippen molar-refractivity contribution in [1.82, 2.24) is 5.32 Å². The van der Waals surface area contributed by atoms with Gasteiger partial charge in [0.15, 0.2) is 0 Å². The summed E-state index contributed by atoms with van der Waals surface area (Å²) in [5.74, 6) is -0.130. The zero-order chi connectivity index (χ0) is 15.3. The first-order valence-electron chi connectivity index (χ1n) is 8.14. The second kappa shape index (κ2) is 6.82. The lowest BCUT2D eigenvalue weighted by Crippen LogP contribution is -2.30. The van der Waals surface area contributed by atoms with Gasteiger partial charge in [0.25, 0.3) is 0 Å². The summed E-state index contributed by atoms with van der Waals surface area (Å²) in [5, 5.41) is 3.23. The molecule has 22 heavy (non-hydrogen) atoms. The van der Waals surface area contributed by atoms with Crippen molar-refractivity contribution in [1.29, 1.82) is 0 Å². The highest BCUT2D eigenvalue weighted by molar-refractivity contribution is 5.91. The average Bonchev–Trinajstić information content (AvgIpc) is 2.84. The normalized spacial score (nSPS) is 22.4. The third-order valence-electron chi connectivity index (χ3n) is 4.51. The molecule has 1 heterocycles. The van der Waals surface area contributed by atoms with Crippen LogP contribution >= 0.6 is 0 Å². The molecule has 0 amide bonds. The van der Waals surface area contributed by atoms with Crippen molar-refractivity contribution in [3.05, 3.63) is 59.8 Å². The summed E-state index contributed by atoms with van der Waals surface area (Å²) in [7, 11) is 0. The first-order valence-corrected chi connectivity index (χ1v) is 8.14. The highest BCUT2D eigenvalue weighted by Gasteiger charge is 2.43. The average molecular weight is 297 g/mol. The Kier molecular flexibility index (Phi) is 4.62. The number of ether oxygens (including phenoxy) is 1. The Morgan fingerprint density at radius 2 is 1.91 bits per heavy atom. The summed E-state index contributed by atoms with van der Waals surface area (Å²) in [4.78, 5) is 12.0. The molecule has 0 bridgehead atoms. The van der Waals surface area contributed by atoms with Crippen molar-refractivity contribution in [3.8, 4) is 0 Å². The smallest absolute Gasteiger partial charge is 0.334 e. The van der Waals surface area contributed by atoms with Crippen LogP contribution in [0.5, 0.6) is 0 Å². The summed E-state index contributed by atoms with van der Waals surface area (Å²) in [6.07, 6.45) is 12.1. The Hall–Kier alpha value is -2.03. The molecule has 0 aromatic heterocycles. The van der Waals surface area contributed by atoms with E-state index in [0.29, 0.717) is 0 Å². The van der Waals surface area contributed by atoms with E-state index in [-0.39, 0.29) is 11.6 Å². The van der Waals surface area contributed by atoms with Crippen LogP contribution in [0.15, 0.2) is 54.3 Å². The zero-order valence-corrected chi connectivity index (χ0v) is 12.9. The molecule has 1 saturated carbocycles. The number of allylic oxidation sites excluding steroid dienone is 2. The Morgan fingerprint density at radius 3 is 2.68 bits per heavy atom. The molecule has 0 unspecified atom stereocenters. The number of hydrogen-bond acceptors (Lipinski definition) is 3. The van der Waals surface area contributed by atoms with Crippen molar-refractivity contribution in [2.24, 2.45) is 0 Å². The van der Waals surface area contributed by atoms with Crippen LogP contribution in [-0.4, -0.2) is 11.6 Å². The standard InChI is InChI=1S/C19H23NO2/c21-18-17(14-19(22-18)11-5-2-6-12-19)10-7-13-20-15-16-8-3-1-4-9-16/h1,3-4,7-10,13,20H,2,5-6,11-12,14-15H2. The molecule has 2 aliphatic rings. The van der Waals surface area contributed by atoms with Crippen LogP contribution in [0.4, 0.5) is 0 Å². The van der Waals surface area contributed by atoms with Gasteiger partial charge in [0.1, 0.15) is 5.60 Å². The van der Waals surface area contributed by atoms with Crippen LogP contribution < -0.4 is 5.32 Å². The third kappa shape index (κ3) is 3.59. The van der Waals surface area contributed by atoms with Crippen LogP contribution in [0.2, 0.25) is 0 Å². The topological polar surface area (TPSA) is 38.3 Å². The third-order valence-corrected chi connectivity index (χ3v) is 4.51. The molecule has 3 heteroatoms. The number of esters is 1. The predicted molar refractivity (Wildman–Crippen MR) is 87.0 cm³/mol. The molecule has 0 radical (unpaired) electrons. The largest absolute Gasteiger partial charge is 0.455 e. The fraction of sp³-hybridized carbons (Fsp3) is 0.421. The summed E-state index contributed by atoms with van der Waals surface area (Å²) in [6.45, 7) is 0.787. The quantitative estimate of drug-likeness (QED) is 0.677. The van der Waals surface area contributed by atoms with E-state index in [0.717, 1.165) is 31.4 Å². The molecule has 1 N–H and O–H groups in total. The molecule has 1 aromatic carbocycles. The van der Waals surface area contributed by atoms with Gasteiger partial charge in [-0.15, -0.1) is 0 Å². The molecule has 1 aliphatic heterocycles. The van der Waals surface area contributed by atoms with Gasteiger partial charge in [0.05, 0.1) is 0 Å². The fourth-order valence-corrected chi connectivity index (χ4v) is 3.32. The first-order chi connectivity index (χ1) is 10.8. The Balaban J connectivity index is 1.52. The molecule has 1 aliphatic carbocycles. The molecule has 3 rings (SSSR count). The molecular weight excluding hydrogens is 274 g/mol. The minimum atomic E-state index is -0.188. The van der Waals surface area contributed by atoms with Gasteiger partial charge >= 0.3 is 5.97 Å². The van der Waals surface area contributed by atoms with E-state index in [9.17, 15) is 4.79 Å². The molecule has 1 aromatic rings. The van der Waals surface area contributed by atoms with Crippen molar-refractivity contribution in [2.75, 3.05) is 0 Å². The summed E-state index contributed by atoms with van der Waals surface area (Å²) >= 11 is 0. The lowest BCUT2D eigenvalue weighted by Gasteiger charge is -2.31. The van der Waals surface area contributed by atoms with Gasteiger partial charge in [-0.05, 0) is 43.5 Å². The van der Waals surface area contributed by atoms with Gasteiger partial charge in [0, 0.05) is 18.5 Å². The molecule has 3 nitrogen and oxygen atoms in total. The van der Waals surface area contributed by atoms with Crippen molar-refractivity contribution >= 4 is 5.97 Å². The molecular formula is C19H23NO2. The highest BCUT2D eigenvalue weighted by atomic mass is 16.6. The maximum Gasteiger partial charge on any atom is 0.334 e. The van der Waals surface area contributed by atoms with E-state index in [1.807, 2.05) is 36.6 Å². The van der Waals surface area contributed by atoms with Crippen LogP contribution in [0, 0.1) is 0 Å². The van der Waals surface area contributed by atoms with E-state index in [2.05, 4.69) is 17.4 Å². The van der Waals surface area contributed by atoms with Crippen molar-refractivity contribution < 1.29 is 9.53 Å². The number of nitrogens with one attached hydrogen (secondary N) is 1. The highest BCUT2D eigenvalue weighted by Crippen LogP contribution is 2.41. The Bertz CT molecular complexity index is 568. The monoisotopic (exact) mass is 297 g/mol. The maximum atomic E-state index is 12.0. The molecule has 116 valence electrons. The summed E-state index contributed by atoms with van der Waals surface area (Å²) in [6, 6.07) is 10.2. The molecule has 1 saturated heterocycles. The predicted octanol–water partition coefficient (Wildman–Crippen LogP) is 3.87. The fourth-order valence-electron chi connectivity index (χ4n) is 3.32. The van der Waals surface area contributed by atoms with Crippen LogP contribution in [-0.2, 0) is 16.1 Å². The minimum Gasteiger partial charge on any atom is -0.455 e. The van der Waals surface area contributed by atoms with Gasteiger partial charge < -0.3 is 10.1 Å². The Morgan fingerprint density at radius 1 is 1.14 bits per heavy atom. The van der Waals surface area contributed by atoms with Gasteiger partial charge in [-0.25, -0.2) is 4.79 Å². The number of rotatable bonds is 4. The van der Waals surface area contributed by atoms with E-state index in [1.54, 1.807) is 0 Å². The SMILES string of the molecule is O=C1OC2(CCCCC2)CC1=CC=CNCc1ccccc1. The second-order valence-electron chi connectivity index (χ2n) is 6.23. The van der Waals surface area contributed by atoms with Gasteiger partial charge in [-0.1, -0.05) is 42.8 Å². The number of carbonyl (C=O) groups is 1. The number of hydrogen-bond donors (Lipinski definition) is 1. The summed E-state index contributed by atoms with van der Waals surface area (Å²) in [5.41, 5.74) is 1.85. The number of benzene rings is 1. The lowest BCUT2D eigenvalue weighted by atomic mass is 9.82. The van der Waals surface area contributed by atoms with E-state index >= 15 is 0 Å². The zero-order valence-electron chi connectivity index (χ0n) is 12.9. The van der Waals surface area contributed by atoms with Crippen LogP contribution in [0.25, 0.3) is 0 Å². The Labute approximate surface area is 132 Å². The lowest BCUT2D eigenvalue weighted by molar-refractivity contribution is -0.148. The van der Waals surface area contributed by atoms with E-state index in [1.165, 1.54) is 24.8 Å². The summed E-state index contributed by atoms with van der Waals surface area (Å²) < 4.78 is 5.67. The maximum absolute atomic E-state index is 12.0. The first kappa shape index (κ1) is 14.9. The van der Waals surface area contributed by atoms with Crippen molar-refractivity contribution in [2.45, 2.75) is 50.7 Å².